The van der Waals surface area contributed by atoms with Crippen molar-refractivity contribution in [3.8, 4) is 0 Å². The van der Waals surface area contributed by atoms with Crippen LogP contribution in [0.3, 0.4) is 0 Å². The molecule has 0 aliphatic carbocycles. The van der Waals surface area contributed by atoms with Crippen molar-refractivity contribution in [1.82, 2.24) is 0 Å². The second-order valence-electron chi connectivity index (χ2n) is 3.96. The Morgan fingerprint density at radius 3 is 2.58 bits per heavy atom. The van der Waals surface area contributed by atoms with Crippen LogP contribution < -0.4 is 5.32 Å². The predicted octanol–water partition coefficient (Wildman–Crippen LogP) is 1.88. The molecule has 0 spiro atoms. The molecule has 2 N–H and O–H groups in total. The first-order chi connectivity index (χ1) is 9.16. The first-order valence-electron chi connectivity index (χ1n) is 5.74. The Balaban J connectivity index is 2.05. The number of hydrogen-bond donors (Lipinski definition) is 2. The molecule has 5 nitrogen and oxygen atoms in total. The van der Waals surface area contributed by atoms with E-state index in [1.807, 2.05) is 36.4 Å². The van der Waals surface area contributed by atoms with E-state index in [9.17, 15) is 9.59 Å². The first-order valence-corrected chi connectivity index (χ1v) is 5.74. The molecule has 2 rings (SSSR count). The molecule has 0 fully saturated rings. The summed E-state index contributed by atoms with van der Waals surface area (Å²) in [4.78, 5) is 21.9. The van der Waals surface area contributed by atoms with Crippen molar-refractivity contribution in [2.75, 3.05) is 18.5 Å². The molecule has 0 bridgehead atoms. The van der Waals surface area contributed by atoms with Gasteiger partial charge in [0.15, 0.2) is 0 Å². The van der Waals surface area contributed by atoms with Gasteiger partial charge in [0, 0.05) is 11.1 Å². The van der Waals surface area contributed by atoms with Crippen molar-refractivity contribution in [2.24, 2.45) is 0 Å². The average molecular weight is 259 g/mol. The zero-order valence-corrected chi connectivity index (χ0v) is 10.1. The molecule has 19 heavy (non-hydrogen) atoms. The number of anilines is 1. The Morgan fingerprint density at radius 1 is 1.05 bits per heavy atom. The Bertz CT molecular complexity index is 604. The largest absolute Gasteiger partial charge is 0.480 e. The zero-order chi connectivity index (χ0) is 13.7. The van der Waals surface area contributed by atoms with Gasteiger partial charge < -0.3 is 15.2 Å². The van der Waals surface area contributed by atoms with E-state index in [4.69, 9.17) is 9.84 Å². The van der Waals surface area contributed by atoms with E-state index in [-0.39, 0.29) is 12.5 Å². The lowest BCUT2D eigenvalue weighted by atomic mass is 10.1. The monoisotopic (exact) mass is 259 g/mol. The highest BCUT2D eigenvalue weighted by atomic mass is 16.5. The molecule has 98 valence electrons. The van der Waals surface area contributed by atoms with Gasteiger partial charge in [0.2, 0.25) is 5.91 Å². The highest BCUT2D eigenvalue weighted by Crippen LogP contribution is 2.22. The zero-order valence-electron chi connectivity index (χ0n) is 10.1. The number of ether oxygens (including phenoxy) is 1. The molecule has 0 heterocycles. The molecule has 0 unspecified atom stereocenters. The Hall–Kier alpha value is -2.40. The maximum absolute atomic E-state index is 11.6. The van der Waals surface area contributed by atoms with Crippen molar-refractivity contribution in [2.45, 2.75) is 0 Å². The van der Waals surface area contributed by atoms with Gasteiger partial charge in [0.05, 0.1) is 0 Å². The molecular formula is C14H13NO4. The molecule has 0 aromatic heterocycles. The number of benzene rings is 2. The minimum absolute atomic E-state index is 0.282. The van der Waals surface area contributed by atoms with Crippen LogP contribution in [0, 0.1) is 0 Å². The molecular weight excluding hydrogens is 246 g/mol. The lowest BCUT2D eigenvalue weighted by Gasteiger charge is -2.08. The molecule has 0 aliphatic rings. The number of carboxylic acid groups (broad SMARTS) is 1. The predicted molar refractivity (Wildman–Crippen MR) is 71.0 cm³/mol. The summed E-state index contributed by atoms with van der Waals surface area (Å²) in [6.45, 7) is -0.765. The Labute approximate surface area is 109 Å². The van der Waals surface area contributed by atoms with Crippen LogP contribution >= 0.6 is 0 Å². The first kappa shape index (κ1) is 13.0. The standard InChI is InChI=1S/C14H13NO4/c16-13(8-19-9-14(17)18)15-12-7-3-5-10-4-1-2-6-11(10)12/h1-7H,8-9H2,(H,15,16)(H,17,18). The number of nitrogens with one attached hydrogen (secondary N) is 1. The summed E-state index contributed by atoms with van der Waals surface area (Å²) < 4.78 is 4.73. The van der Waals surface area contributed by atoms with Crippen LogP contribution in [0.5, 0.6) is 0 Å². The van der Waals surface area contributed by atoms with Gasteiger partial charge in [-0.1, -0.05) is 36.4 Å². The van der Waals surface area contributed by atoms with E-state index in [0.717, 1.165) is 10.8 Å². The van der Waals surface area contributed by atoms with E-state index in [0.29, 0.717) is 5.69 Å². The van der Waals surface area contributed by atoms with Crippen molar-refractivity contribution < 1.29 is 19.4 Å². The molecule has 0 aliphatic heterocycles. The van der Waals surface area contributed by atoms with Gasteiger partial charge in [-0.25, -0.2) is 4.79 Å². The minimum atomic E-state index is -1.10. The van der Waals surface area contributed by atoms with Crippen LogP contribution in [0.25, 0.3) is 10.8 Å². The number of hydrogen-bond acceptors (Lipinski definition) is 3. The third kappa shape index (κ3) is 3.53. The van der Waals surface area contributed by atoms with Crippen LogP contribution in [0.4, 0.5) is 5.69 Å². The summed E-state index contributed by atoms with van der Waals surface area (Å²) >= 11 is 0. The normalized spacial score (nSPS) is 10.3. The lowest BCUT2D eigenvalue weighted by molar-refractivity contribution is -0.143. The second kappa shape index (κ2) is 5.97. The summed E-state index contributed by atoms with van der Waals surface area (Å²) in [6.07, 6.45) is 0. The molecule has 1 amide bonds. The van der Waals surface area contributed by atoms with E-state index in [1.165, 1.54) is 0 Å². The smallest absolute Gasteiger partial charge is 0.329 e. The Kier molecular flexibility index (Phi) is 4.10. The fourth-order valence-electron chi connectivity index (χ4n) is 1.75. The fraction of sp³-hybridized carbons (Fsp3) is 0.143. The highest BCUT2D eigenvalue weighted by Gasteiger charge is 2.06. The number of amides is 1. The molecule has 0 atom stereocenters. The molecule has 0 saturated carbocycles. The van der Waals surface area contributed by atoms with E-state index in [2.05, 4.69) is 5.32 Å². The van der Waals surface area contributed by atoms with Crippen LogP contribution in [-0.4, -0.2) is 30.2 Å². The number of carboxylic acids is 1. The second-order valence-corrected chi connectivity index (χ2v) is 3.96. The van der Waals surface area contributed by atoms with Gasteiger partial charge >= 0.3 is 5.97 Å². The van der Waals surface area contributed by atoms with Gasteiger partial charge in [-0.15, -0.1) is 0 Å². The van der Waals surface area contributed by atoms with Crippen LogP contribution in [0.1, 0.15) is 0 Å². The number of carbonyl (C=O) groups is 2. The summed E-state index contributed by atoms with van der Waals surface area (Å²) in [7, 11) is 0. The van der Waals surface area contributed by atoms with E-state index in [1.54, 1.807) is 6.07 Å². The minimum Gasteiger partial charge on any atom is -0.480 e. The summed E-state index contributed by atoms with van der Waals surface area (Å²) in [5.41, 5.74) is 0.682. The topological polar surface area (TPSA) is 75.6 Å². The van der Waals surface area contributed by atoms with Gasteiger partial charge in [-0.2, -0.15) is 0 Å². The number of fused-ring (bicyclic) bond motifs is 1. The highest BCUT2D eigenvalue weighted by molar-refractivity contribution is 6.02. The SMILES string of the molecule is O=C(O)COCC(=O)Nc1cccc2ccccc12. The van der Waals surface area contributed by atoms with Crippen LogP contribution in [0.15, 0.2) is 42.5 Å². The van der Waals surface area contributed by atoms with Crippen molar-refractivity contribution in [3.05, 3.63) is 42.5 Å². The maximum Gasteiger partial charge on any atom is 0.329 e. The molecule has 0 radical (unpaired) electrons. The van der Waals surface area contributed by atoms with Gasteiger partial charge in [-0.05, 0) is 11.5 Å². The summed E-state index contributed by atoms with van der Waals surface area (Å²) in [6, 6.07) is 13.2. The number of carbonyl (C=O) groups excluding carboxylic acids is 1. The van der Waals surface area contributed by atoms with Crippen molar-refractivity contribution >= 4 is 28.3 Å². The third-order valence-corrected chi connectivity index (χ3v) is 2.52. The van der Waals surface area contributed by atoms with Crippen LogP contribution in [-0.2, 0) is 14.3 Å². The fourth-order valence-corrected chi connectivity index (χ4v) is 1.75. The van der Waals surface area contributed by atoms with E-state index < -0.39 is 12.6 Å². The summed E-state index contributed by atoms with van der Waals surface area (Å²) in [5, 5.41) is 13.1. The molecule has 5 heteroatoms. The lowest BCUT2D eigenvalue weighted by Crippen LogP contribution is -2.20. The Morgan fingerprint density at radius 2 is 1.79 bits per heavy atom. The van der Waals surface area contributed by atoms with Crippen molar-refractivity contribution in [1.29, 1.82) is 0 Å². The van der Waals surface area contributed by atoms with Crippen molar-refractivity contribution in [3.63, 3.8) is 0 Å². The van der Waals surface area contributed by atoms with Gasteiger partial charge in [0.25, 0.3) is 0 Å². The van der Waals surface area contributed by atoms with E-state index >= 15 is 0 Å². The molecule has 2 aromatic rings. The average Bonchev–Trinajstić information content (AvgIpc) is 2.39. The number of aliphatic carboxylic acids is 1. The van der Waals surface area contributed by atoms with Crippen LogP contribution in [0.2, 0.25) is 0 Å². The van der Waals surface area contributed by atoms with Gasteiger partial charge in [-0.3, -0.25) is 4.79 Å². The maximum atomic E-state index is 11.6. The summed E-state index contributed by atoms with van der Waals surface area (Å²) in [5.74, 6) is -1.48. The number of rotatable bonds is 5. The third-order valence-electron chi connectivity index (χ3n) is 2.52. The molecule has 2 aromatic carbocycles. The quantitative estimate of drug-likeness (QED) is 0.859. The molecule has 0 saturated heterocycles. The van der Waals surface area contributed by atoms with Gasteiger partial charge in [0.1, 0.15) is 13.2 Å².